The van der Waals surface area contributed by atoms with Gasteiger partial charge in [-0.05, 0) is 18.2 Å². The number of sulfonamides is 1. The maximum absolute atomic E-state index is 12.6. The number of nitrogens with zero attached hydrogens (tertiary/aromatic N) is 1. The monoisotopic (exact) mass is 354 g/mol. The molecule has 1 aliphatic heterocycles. The molecule has 2 rings (SSSR count). The summed E-state index contributed by atoms with van der Waals surface area (Å²) >= 11 is 0. The van der Waals surface area contributed by atoms with Crippen molar-refractivity contribution in [2.75, 3.05) is 33.2 Å². The van der Waals surface area contributed by atoms with E-state index in [9.17, 15) is 22.8 Å². The van der Waals surface area contributed by atoms with Gasteiger partial charge in [-0.2, -0.15) is 4.31 Å². The number of amides is 3. The molecule has 0 aromatic heterocycles. The Balaban J connectivity index is 2.18. The molecule has 0 unspecified atom stereocenters. The van der Waals surface area contributed by atoms with E-state index < -0.39 is 15.9 Å². The molecule has 0 saturated carbocycles. The average Bonchev–Trinajstić information content (AvgIpc) is 2.59. The van der Waals surface area contributed by atoms with Crippen LogP contribution >= 0.6 is 0 Å². The van der Waals surface area contributed by atoms with Crippen molar-refractivity contribution in [1.29, 1.82) is 0 Å². The smallest absolute Gasteiger partial charge is 0.251 e. The van der Waals surface area contributed by atoms with E-state index in [1.54, 1.807) is 0 Å². The van der Waals surface area contributed by atoms with Gasteiger partial charge in [0.1, 0.15) is 0 Å². The third kappa shape index (κ3) is 4.09. The van der Waals surface area contributed by atoms with Gasteiger partial charge >= 0.3 is 0 Å². The van der Waals surface area contributed by atoms with Crippen LogP contribution in [0.25, 0.3) is 0 Å². The molecule has 1 aromatic rings. The first kappa shape index (κ1) is 17.9. The van der Waals surface area contributed by atoms with Crippen LogP contribution in [0, 0.1) is 0 Å². The molecule has 1 heterocycles. The Labute approximate surface area is 139 Å². The van der Waals surface area contributed by atoms with Gasteiger partial charge in [-0.3, -0.25) is 14.4 Å². The van der Waals surface area contributed by atoms with Gasteiger partial charge in [0.15, 0.2) is 0 Å². The van der Waals surface area contributed by atoms with Crippen molar-refractivity contribution in [3.63, 3.8) is 0 Å². The van der Waals surface area contributed by atoms with Crippen LogP contribution in [0.2, 0.25) is 0 Å². The van der Waals surface area contributed by atoms with Crippen LogP contribution in [0.15, 0.2) is 29.2 Å². The number of nitrogens with one attached hydrogen (secondary N) is 3. The van der Waals surface area contributed by atoms with Gasteiger partial charge in [0.05, 0.1) is 18.0 Å². The average molecular weight is 354 g/mol. The van der Waals surface area contributed by atoms with E-state index in [1.165, 1.54) is 31.3 Å². The van der Waals surface area contributed by atoms with Crippen molar-refractivity contribution in [3.8, 4) is 0 Å². The fraction of sp³-hybridized carbons (Fsp3) is 0.357. The number of carbonyl (C=O) groups excluding carboxylic acids is 3. The van der Waals surface area contributed by atoms with Crippen molar-refractivity contribution >= 4 is 27.7 Å². The van der Waals surface area contributed by atoms with E-state index in [-0.39, 0.29) is 48.5 Å². The summed E-state index contributed by atoms with van der Waals surface area (Å²) in [4.78, 5) is 34.5. The fourth-order valence-electron chi connectivity index (χ4n) is 2.12. The quantitative estimate of drug-likeness (QED) is 0.580. The lowest BCUT2D eigenvalue weighted by molar-refractivity contribution is -0.122. The van der Waals surface area contributed by atoms with Gasteiger partial charge in [0, 0.05) is 25.7 Å². The lowest BCUT2D eigenvalue weighted by Gasteiger charge is -2.26. The largest absolute Gasteiger partial charge is 0.358 e. The molecule has 130 valence electrons. The molecular weight excluding hydrogens is 336 g/mol. The van der Waals surface area contributed by atoms with E-state index in [0.29, 0.717) is 0 Å². The molecule has 0 radical (unpaired) electrons. The van der Waals surface area contributed by atoms with Crippen LogP contribution in [0.3, 0.4) is 0 Å². The number of likely N-dealkylation sites (N-methyl/N-ethyl adjacent to an activating group) is 1. The number of piperazine rings is 1. The molecular formula is C14H18N4O5S. The maximum atomic E-state index is 12.6. The molecule has 9 nitrogen and oxygen atoms in total. The zero-order valence-electron chi connectivity index (χ0n) is 13.0. The molecule has 0 spiro atoms. The third-order valence-corrected chi connectivity index (χ3v) is 5.27. The van der Waals surface area contributed by atoms with E-state index >= 15 is 0 Å². The number of rotatable bonds is 5. The molecule has 1 fully saturated rings. The van der Waals surface area contributed by atoms with E-state index in [1.807, 2.05) is 0 Å². The highest BCUT2D eigenvalue weighted by Gasteiger charge is 2.29. The zero-order chi connectivity index (χ0) is 17.7. The van der Waals surface area contributed by atoms with Gasteiger partial charge in [-0.25, -0.2) is 8.42 Å². The number of benzene rings is 1. The van der Waals surface area contributed by atoms with Crippen molar-refractivity contribution < 1.29 is 22.8 Å². The Morgan fingerprint density at radius 1 is 1.33 bits per heavy atom. The molecule has 0 bridgehead atoms. The van der Waals surface area contributed by atoms with E-state index in [2.05, 4.69) is 16.0 Å². The minimum atomic E-state index is -3.87. The van der Waals surface area contributed by atoms with Gasteiger partial charge in [0.2, 0.25) is 21.8 Å². The predicted molar refractivity (Wildman–Crippen MR) is 84.6 cm³/mol. The minimum Gasteiger partial charge on any atom is -0.358 e. The Morgan fingerprint density at radius 3 is 2.75 bits per heavy atom. The highest BCUT2D eigenvalue weighted by Crippen LogP contribution is 2.17. The van der Waals surface area contributed by atoms with Crippen LogP contribution in [0.1, 0.15) is 10.4 Å². The second-order valence-electron chi connectivity index (χ2n) is 5.07. The second kappa shape index (κ2) is 7.41. The Bertz CT molecular complexity index is 762. The normalized spacial score (nSPS) is 15.5. The summed E-state index contributed by atoms with van der Waals surface area (Å²) in [6.07, 6.45) is 0. The van der Waals surface area contributed by atoms with E-state index in [0.717, 1.165) is 4.31 Å². The second-order valence-corrected chi connectivity index (χ2v) is 7.01. The molecule has 1 saturated heterocycles. The molecule has 24 heavy (non-hydrogen) atoms. The first-order valence-corrected chi connectivity index (χ1v) is 8.64. The number of hydrogen-bond donors (Lipinski definition) is 3. The van der Waals surface area contributed by atoms with Crippen molar-refractivity contribution in [2.45, 2.75) is 4.90 Å². The standard InChI is InChI=1S/C14H18N4O5S/c1-15-12(19)8-17-14(21)10-3-2-4-11(7-10)24(22,23)18-6-5-16-13(20)9-18/h2-4,7H,5-6,8-9H2,1H3,(H,15,19)(H,16,20)(H,17,21). The molecule has 1 aromatic carbocycles. The van der Waals surface area contributed by atoms with Crippen LogP contribution in [-0.4, -0.2) is 63.7 Å². The van der Waals surface area contributed by atoms with Gasteiger partial charge in [-0.15, -0.1) is 0 Å². The predicted octanol–water partition coefficient (Wildman–Crippen LogP) is -1.72. The van der Waals surface area contributed by atoms with Crippen LogP contribution in [0.4, 0.5) is 0 Å². The van der Waals surface area contributed by atoms with Gasteiger partial charge in [-0.1, -0.05) is 6.07 Å². The SMILES string of the molecule is CNC(=O)CNC(=O)c1cccc(S(=O)(=O)N2CCNC(=O)C2)c1. The first-order valence-electron chi connectivity index (χ1n) is 7.20. The number of hydrogen-bond acceptors (Lipinski definition) is 5. The van der Waals surface area contributed by atoms with Crippen LogP contribution < -0.4 is 16.0 Å². The lowest BCUT2D eigenvalue weighted by atomic mass is 10.2. The molecule has 1 aliphatic rings. The van der Waals surface area contributed by atoms with Gasteiger partial charge in [0.25, 0.3) is 5.91 Å². The Kier molecular flexibility index (Phi) is 5.52. The zero-order valence-corrected chi connectivity index (χ0v) is 13.9. The molecule has 3 amide bonds. The summed E-state index contributed by atoms with van der Waals surface area (Å²) < 4.78 is 26.2. The summed E-state index contributed by atoms with van der Waals surface area (Å²) in [5.41, 5.74) is 0.112. The summed E-state index contributed by atoms with van der Waals surface area (Å²) in [6, 6.07) is 5.46. The van der Waals surface area contributed by atoms with Crippen molar-refractivity contribution in [2.24, 2.45) is 0 Å². The van der Waals surface area contributed by atoms with Crippen LogP contribution in [-0.2, 0) is 19.6 Å². The first-order chi connectivity index (χ1) is 11.3. The summed E-state index contributed by atoms with van der Waals surface area (Å²) in [7, 11) is -2.43. The number of carbonyl (C=O) groups is 3. The summed E-state index contributed by atoms with van der Waals surface area (Å²) in [6.45, 7) is -0.0560. The van der Waals surface area contributed by atoms with E-state index in [4.69, 9.17) is 0 Å². The summed E-state index contributed by atoms with van der Waals surface area (Å²) in [5.74, 6) is -1.30. The summed E-state index contributed by atoms with van der Waals surface area (Å²) in [5, 5.41) is 7.30. The van der Waals surface area contributed by atoms with Crippen molar-refractivity contribution in [3.05, 3.63) is 29.8 Å². The third-order valence-electron chi connectivity index (χ3n) is 3.43. The molecule has 0 atom stereocenters. The minimum absolute atomic E-state index is 0.0789. The molecule has 10 heteroatoms. The fourth-order valence-corrected chi connectivity index (χ4v) is 3.56. The highest BCUT2D eigenvalue weighted by molar-refractivity contribution is 7.89. The maximum Gasteiger partial charge on any atom is 0.251 e. The Morgan fingerprint density at radius 2 is 2.08 bits per heavy atom. The van der Waals surface area contributed by atoms with Crippen molar-refractivity contribution in [1.82, 2.24) is 20.3 Å². The highest BCUT2D eigenvalue weighted by atomic mass is 32.2. The van der Waals surface area contributed by atoms with Crippen LogP contribution in [0.5, 0.6) is 0 Å². The Hall–Kier alpha value is -2.46. The lowest BCUT2D eigenvalue weighted by Crippen LogP contribution is -2.49. The molecule has 0 aliphatic carbocycles. The topological polar surface area (TPSA) is 125 Å². The molecule has 3 N–H and O–H groups in total. The van der Waals surface area contributed by atoms with Gasteiger partial charge < -0.3 is 16.0 Å².